The van der Waals surface area contributed by atoms with Crippen LogP contribution in [0.4, 0.5) is 18.9 Å². The Kier molecular flexibility index (Phi) is 14.3. The first-order chi connectivity index (χ1) is 20.7. The third-order valence-electron chi connectivity index (χ3n) is 7.45. The number of para-hydroxylation sites is 1. The molecule has 3 atom stereocenters. The number of benzene rings is 2. The number of hydrogen-bond acceptors (Lipinski definition) is 6. The molecule has 0 saturated heterocycles. The van der Waals surface area contributed by atoms with Crippen molar-refractivity contribution < 1.29 is 32.2 Å². The van der Waals surface area contributed by atoms with Gasteiger partial charge in [-0.3, -0.25) is 9.59 Å². The normalized spacial score (nSPS) is 13.3. The quantitative estimate of drug-likeness (QED) is 0.184. The largest absolute Gasteiger partial charge is 0.496 e. The highest BCUT2D eigenvalue weighted by Crippen LogP contribution is 2.33. The lowest BCUT2D eigenvalue weighted by atomic mass is 9.86. The molecule has 242 valence electrons. The molecule has 0 saturated carbocycles. The molecule has 0 bridgehead atoms. The van der Waals surface area contributed by atoms with E-state index in [-0.39, 0.29) is 23.4 Å². The van der Waals surface area contributed by atoms with E-state index in [9.17, 15) is 22.8 Å². The smallest absolute Gasteiger partial charge is 0.412 e. The number of carbonyl (C=O) groups is 2. The van der Waals surface area contributed by atoms with Gasteiger partial charge in [-0.2, -0.15) is 13.2 Å². The van der Waals surface area contributed by atoms with Crippen molar-refractivity contribution in [2.24, 2.45) is 17.8 Å². The summed E-state index contributed by atoms with van der Waals surface area (Å²) in [4.78, 5) is 30.1. The minimum absolute atomic E-state index is 0.116. The number of carbonyl (C=O) groups excluding carboxylic acids is 2. The Hall–Kier alpha value is -3.44. The second-order valence-corrected chi connectivity index (χ2v) is 12.2. The third kappa shape index (κ3) is 10.6. The van der Waals surface area contributed by atoms with E-state index < -0.39 is 30.0 Å². The summed E-state index contributed by atoms with van der Waals surface area (Å²) in [5, 5.41) is 5.92. The summed E-state index contributed by atoms with van der Waals surface area (Å²) in [5.41, 5.74) is 0.330. The second-order valence-electron chi connectivity index (χ2n) is 11.0. The monoisotopic (exact) mass is 635 g/mol. The fourth-order valence-electron chi connectivity index (χ4n) is 4.63. The van der Waals surface area contributed by atoms with Crippen LogP contribution in [0.15, 0.2) is 48.6 Å². The van der Waals surface area contributed by atoms with Gasteiger partial charge in [0.15, 0.2) is 0 Å². The van der Waals surface area contributed by atoms with E-state index in [2.05, 4.69) is 49.9 Å². The molecule has 3 unspecified atom stereocenters. The summed E-state index contributed by atoms with van der Waals surface area (Å²) in [5.74, 6) is 1.63. The Morgan fingerprint density at radius 3 is 2.34 bits per heavy atom. The number of amides is 2. The zero-order valence-electron chi connectivity index (χ0n) is 26.6. The topological polar surface area (TPSA) is 89.6 Å². The molecular weight excluding hydrogens is 591 g/mol. The van der Waals surface area contributed by atoms with Crippen LogP contribution in [0, 0.1) is 24.7 Å². The van der Waals surface area contributed by atoms with Crippen molar-refractivity contribution in [1.29, 1.82) is 0 Å². The minimum atomic E-state index is -4.51. The number of fused-ring (bicyclic) bond motifs is 1. The summed E-state index contributed by atoms with van der Waals surface area (Å²) >= 11 is 1.34. The molecule has 0 aliphatic heterocycles. The van der Waals surface area contributed by atoms with Gasteiger partial charge in [-0.15, -0.1) is 11.3 Å². The van der Waals surface area contributed by atoms with Crippen molar-refractivity contribution >= 4 is 39.1 Å². The highest BCUT2D eigenvalue weighted by atomic mass is 32.1. The van der Waals surface area contributed by atoms with Crippen LogP contribution in [-0.4, -0.2) is 50.3 Å². The maximum atomic E-state index is 13.1. The number of ether oxygens (including phenoxy) is 2. The Morgan fingerprint density at radius 1 is 1.05 bits per heavy atom. The fraction of sp³-hybridized carbons (Fsp3) is 0.485. The zero-order valence-corrected chi connectivity index (χ0v) is 27.4. The number of halogens is 3. The molecule has 7 nitrogen and oxygen atoms in total. The zero-order chi connectivity index (χ0) is 33.0. The van der Waals surface area contributed by atoms with Crippen LogP contribution < -0.4 is 15.4 Å². The number of aromatic nitrogens is 1. The van der Waals surface area contributed by atoms with Crippen molar-refractivity contribution in [3.8, 4) is 5.75 Å². The number of methoxy groups -OCH3 is 2. The van der Waals surface area contributed by atoms with E-state index in [4.69, 9.17) is 9.47 Å². The molecule has 44 heavy (non-hydrogen) atoms. The van der Waals surface area contributed by atoms with E-state index >= 15 is 0 Å². The van der Waals surface area contributed by atoms with Gasteiger partial charge < -0.3 is 20.1 Å². The number of anilines is 1. The molecule has 0 aliphatic carbocycles. The molecule has 2 aromatic carbocycles. The van der Waals surface area contributed by atoms with Gasteiger partial charge in [0, 0.05) is 25.8 Å². The lowest BCUT2D eigenvalue weighted by molar-refractivity contribution is -0.0934. The molecule has 3 aromatic rings. The van der Waals surface area contributed by atoms with Gasteiger partial charge in [-0.25, -0.2) is 4.98 Å². The highest BCUT2D eigenvalue weighted by molar-refractivity contribution is 7.19. The van der Waals surface area contributed by atoms with Crippen molar-refractivity contribution in [1.82, 2.24) is 10.3 Å². The Labute approximate surface area is 262 Å². The summed E-state index contributed by atoms with van der Waals surface area (Å²) in [7, 11) is 3.23. The number of aryl methyl sites for hydroxylation is 1. The number of alkyl halides is 3. The second kappa shape index (κ2) is 17.2. The van der Waals surface area contributed by atoms with E-state index in [1.54, 1.807) is 31.4 Å². The van der Waals surface area contributed by atoms with Crippen LogP contribution in [0.1, 0.15) is 72.7 Å². The van der Waals surface area contributed by atoms with Gasteiger partial charge in [0.1, 0.15) is 11.3 Å². The maximum absolute atomic E-state index is 13.1. The van der Waals surface area contributed by atoms with E-state index in [1.165, 1.54) is 43.4 Å². The molecule has 0 radical (unpaired) electrons. The molecule has 0 aliphatic rings. The predicted molar refractivity (Wildman–Crippen MR) is 172 cm³/mol. The Bertz CT molecular complexity index is 1410. The van der Waals surface area contributed by atoms with Gasteiger partial charge in [-0.1, -0.05) is 52.8 Å². The van der Waals surface area contributed by atoms with Crippen LogP contribution in [-0.2, 0) is 4.74 Å². The molecule has 1 heterocycles. The fourth-order valence-corrected chi connectivity index (χ4v) is 5.58. The van der Waals surface area contributed by atoms with Crippen molar-refractivity contribution in [3.63, 3.8) is 0 Å². The molecule has 3 rings (SSSR count). The average molecular weight is 636 g/mol. The SMILES string of the molecule is C=C(CCNC(=O)c1ccccc1NC(=O)c1c(OC)ccc2nc(C)sc12)C(F)(F)F.CCC(C)C(C)CC(C)COC. The third-order valence-corrected chi connectivity index (χ3v) is 8.45. The van der Waals surface area contributed by atoms with Crippen molar-refractivity contribution in [2.75, 3.05) is 32.7 Å². The van der Waals surface area contributed by atoms with Gasteiger partial charge in [0.25, 0.3) is 11.8 Å². The predicted octanol–water partition coefficient (Wildman–Crippen LogP) is 8.45. The standard InChI is InChI=1S/C22H20F3N3O3S.C11H24O/c1-12(22(23,24)25)10-11-26-20(29)14-6-4-5-7-15(14)28-21(30)18-17(31-3)9-8-16-19(18)32-13(2)27-16;1-6-10(3)11(4)7-9(2)8-12-5/h4-9H,1,10-11H2,2-3H3,(H,26,29)(H,28,30);9-11H,6-8H2,1-5H3. The van der Waals surface area contributed by atoms with E-state index in [0.717, 1.165) is 23.5 Å². The lowest BCUT2D eigenvalue weighted by Crippen LogP contribution is -2.27. The number of thiazole rings is 1. The first kappa shape index (κ1) is 36.8. The summed E-state index contributed by atoms with van der Waals surface area (Å²) in [6, 6.07) is 9.62. The van der Waals surface area contributed by atoms with E-state index in [1.807, 2.05) is 6.92 Å². The Morgan fingerprint density at radius 2 is 1.73 bits per heavy atom. The molecule has 1 aromatic heterocycles. The minimum Gasteiger partial charge on any atom is -0.496 e. The number of rotatable bonds is 13. The Balaban J connectivity index is 0.000000477. The van der Waals surface area contributed by atoms with Gasteiger partial charge in [0.05, 0.1) is 33.6 Å². The summed E-state index contributed by atoms with van der Waals surface area (Å²) in [6.07, 6.45) is -2.36. The van der Waals surface area contributed by atoms with E-state index in [0.29, 0.717) is 21.9 Å². The first-order valence-corrected chi connectivity index (χ1v) is 15.4. The van der Waals surface area contributed by atoms with Crippen LogP contribution in [0.25, 0.3) is 10.2 Å². The molecular formula is C33H44F3N3O4S. The highest BCUT2D eigenvalue weighted by Gasteiger charge is 2.31. The molecule has 11 heteroatoms. The number of nitrogens with one attached hydrogen (secondary N) is 2. The molecule has 2 amide bonds. The van der Waals surface area contributed by atoms with Gasteiger partial charge >= 0.3 is 6.18 Å². The summed E-state index contributed by atoms with van der Waals surface area (Å²) < 4.78 is 48.8. The van der Waals surface area contributed by atoms with Crippen molar-refractivity contribution in [3.05, 3.63) is 64.7 Å². The van der Waals surface area contributed by atoms with Gasteiger partial charge in [0.2, 0.25) is 0 Å². The van der Waals surface area contributed by atoms with Crippen LogP contribution >= 0.6 is 11.3 Å². The average Bonchev–Trinajstić information content (AvgIpc) is 3.36. The van der Waals surface area contributed by atoms with Crippen LogP contribution in [0.3, 0.4) is 0 Å². The molecule has 0 spiro atoms. The number of hydrogen-bond donors (Lipinski definition) is 2. The summed E-state index contributed by atoms with van der Waals surface area (Å²) in [6.45, 7) is 14.7. The lowest BCUT2D eigenvalue weighted by Gasteiger charge is -2.21. The van der Waals surface area contributed by atoms with Crippen molar-refractivity contribution in [2.45, 2.75) is 60.1 Å². The van der Waals surface area contributed by atoms with Crippen LogP contribution in [0.5, 0.6) is 5.75 Å². The molecule has 2 N–H and O–H groups in total. The maximum Gasteiger partial charge on any atom is 0.412 e. The number of nitrogens with zero attached hydrogens (tertiary/aromatic N) is 1. The first-order valence-electron chi connectivity index (χ1n) is 14.6. The van der Waals surface area contributed by atoms with Gasteiger partial charge in [-0.05, 0) is 61.8 Å². The van der Waals surface area contributed by atoms with Crippen LogP contribution in [0.2, 0.25) is 0 Å². The molecule has 0 fully saturated rings.